The number of nitrogens with zero attached hydrogens (tertiary/aromatic N) is 2. The first-order valence-electron chi connectivity index (χ1n) is 4.68. The van der Waals surface area contributed by atoms with Crippen LogP contribution in [0.4, 0.5) is 8.78 Å². The first-order chi connectivity index (χ1) is 7.89. The molecule has 1 rings (SSSR count). The fourth-order valence-electron chi connectivity index (χ4n) is 1.18. The first kappa shape index (κ1) is 13.5. The van der Waals surface area contributed by atoms with Crippen LogP contribution in [0.2, 0.25) is 0 Å². The van der Waals surface area contributed by atoms with Crippen molar-refractivity contribution in [1.29, 1.82) is 5.26 Å². The van der Waals surface area contributed by atoms with Gasteiger partial charge in [-0.25, -0.2) is 17.2 Å². The number of halogens is 2. The summed E-state index contributed by atoms with van der Waals surface area (Å²) in [6.07, 6.45) is -0.00144. The van der Waals surface area contributed by atoms with Gasteiger partial charge in [-0.05, 0) is 12.1 Å². The monoisotopic (exact) mass is 260 g/mol. The first-order valence-corrected chi connectivity index (χ1v) is 6.12. The maximum absolute atomic E-state index is 13.3. The molecule has 0 unspecified atom stereocenters. The van der Waals surface area contributed by atoms with E-state index >= 15 is 0 Å². The van der Waals surface area contributed by atoms with Crippen molar-refractivity contribution in [3.05, 3.63) is 29.8 Å². The topological polar surface area (TPSA) is 61.2 Å². The molecule has 0 radical (unpaired) electrons. The largest absolute Gasteiger partial charge is 0.245 e. The van der Waals surface area contributed by atoms with Crippen LogP contribution in [0.5, 0.6) is 0 Å². The lowest BCUT2D eigenvalue weighted by Crippen LogP contribution is -2.28. The molecule has 17 heavy (non-hydrogen) atoms. The summed E-state index contributed by atoms with van der Waals surface area (Å²) in [5.74, 6) is -1.99. The fraction of sp³-hybridized carbons (Fsp3) is 0.300. The van der Waals surface area contributed by atoms with Crippen LogP contribution in [0, 0.1) is 23.0 Å². The Morgan fingerprint density at radius 1 is 1.41 bits per heavy atom. The molecule has 0 saturated heterocycles. The van der Waals surface area contributed by atoms with Gasteiger partial charge in [0.25, 0.3) is 0 Å². The average Bonchev–Trinajstić information content (AvgIpc) is 2.25. The maximum atomic E-state index is 13.3. The summed E-state index contributed by atoms with van der Waals surface area (Å²) in [4.78, 5) is -0.598. The summed E-state index contributed by atoms with van der Waals surface area (Å²) in [6.45, 7) is -0.0460. The van der Waals surface area contributed by atoms with Gasteiger partial charge < -0.3 is 0 Å². The zero-order valence-corrected chi connectivity index (χ0v) is 9.84. The number of benzene rings is 1. The zero-order chi connectivity index (χ0) is 13.1. The minimum Gasteiger partial charge on any atom is -0.207 e. The van der Waals surface area contributed by atoms with E-state index in [4.69, 9.17) is 5.26 Å². The van der Waals surface area contributed by atoms with Crippen LogP contribution in [0.25, 0.3) is 0 Å². The second kappa shape index (κ2) is 5.21. The molecule has 0 fully saturated rings. The molecule has 0 aliphatic heterocycles. The van der Waals surface area contributed by atoms with E-state index in [-0.39, 0.29) is 13.0 Å². The van der Waals surface area contributed by atoms with Crippen LogP contribution in [-0.2, 0) is 10.0 Å². The minimum atomic E-state index is -4.02. The van der Waals surface area contributed by atoms with Gasteiger partial charge in [0.1, 0.15) is 16.5 Å². The Kier molecular flexibility index (Phi) is 4.15. The Morgan fingerprint density at radius 3 is 2.59 bits per heavy atom. The predicted molar refractivity (Wildman–Crippen MR) is 56.4 cm³/mol. The van der Waals surface area contributed by atoms with E-state index in [0.717, 1.165) is 16.4 Å². The van der Waals surface area contributed by atoms with Crippen LogP contribution in [0.3, 0.4) is 0 Å². The van der Waals surface area contributed by atoms with Gasteiger partial charge in [-0.3, -0.25) is 0 Å². The average molecular weight is 260 g/mol. The second-order valence-electron chi connectivity index (χ2n) is 3.31. The van der Waals surface area contributed by atoms with Gasteiger partial charge in [0.15, 0.2) is 0 Å². The molecule has 0 atom stereocenters. The third-order valence-corrected chi connectivity index (χ3v) is 4.01. The molecular weight excluding hydrogens is 250 g/mol. The van der Waals surface area contributed by atoms with Crippen LogP contribution in [0.15, 0.2) is 23.1 Å². The number of hydrogen-bond acceptors (Lipinski definition) is 3. The molecule has 0 aliphatic rings. The van der Waals surface area contributed by atoms with Crippen molar-refractivity contribution < 1.29 is 17.2 Å². The molecule has 0 aromatic heterocycles. The molecule has 0 heterocycles. The summed E-state index contributed by atoms with van der Waals surface area (Å²) >= 11 is 0. The molecule has 4 nitrogen and oxygen atoms in total. The quantitative estimate of drug-likeness (QED) is 0.824. The van der Waals surface area contributed by atoms with E-state index in [1.165, 1.54) is 7.05 Å². The fourth-order valence-corrected chi connectivity index (χ4v) is 2.39. The summed E-state index contributed by atoms with van der Waals surface area (Å²) in [6, 6.07) is 4.02. The smallest absolute Gasteiger partial charge is 0.207 e. The highest BCUT2D eigenvalue weighted by molar-refractivity contribution is 7.89. The zero-order valence-electron chi connectivity index (χ0n) is 9.02. The molecule has 0 amide bonds. The molecule has 92 valence electrons. The summed E-state index contributed by atoms with van der Waals surface area (Å²) < 4.78 is 50.5. The number of nitriles is 1. The summed E-state index contributed by atoms with van der Waals surface area (Å²) in [5.41, 5.74) is 0. The summed E-state index contributed by atoms with van der Waals surface area (Å²) in [5, 5.41) is 8.35. The number of sulfonamides is 1. The second-order valence-corrected chi connectivity index (χ2v) is 5.32. The predicted octanol–water partition coefficient (Wildman–Crippen LogP) is 1.50. The molecule has 1 aromatic carbocycles. The molecule has 0 saturated carbocycles. The summed E-state index contributed by atoms with van der Waals surface area (Å²) in [7, 11) is -2.79. The Hall–Kier alpha value is -1.52. The Labute approximate surface area is 98.1 Å². The van der Waals surface area contributed by atoms with E-state index in [2.05, 4.69) is 0 Å². The lowest BCUT2D eigenvalue weighted by molar-refractivity contribution is 0.467. The van der Waals surface area contributed by atoms with Gasteiger partial charge in [-0.2, -0.15) is 9.57 Å². The standard InChI is InChI=1S/C10H10F2N2O2S/c1-14(6-2-5-13)17(15,16)10-4-3-8(11)7-9(10)12/h3-4,7H,2,6H2,1H3. The van der Waals surface area contributed by atoms with Gasteiger partial charge in [0, 0.05) is 26.1 Å². The van der Waals surface area contributed by atoms with Gasteiger partial charge in [0.05, 0.1) is 6.07 Å². The highest BCUT2D eigenvalue weighted by Gasteiger charge is 2.24. The van der Waals surface area contributed by atoms with E-state index in [0.29, 0.717) is 6.07 Å². The number of hydrogen-bond donors (Lipinski definition) is 0. The molecule has 0 N–H and O–H groups in total. The van der Waals surface area contributed by atoms with Gasteiger partial charge in [-0.15, -0.1) is 0 Å². The number of rotatable bonds is 4. The normalized spacial score (nSPS) is 11.5. The molecular formula is C10H10F2N2O2S. The van der Waals surface area contributed by atoms with Gasteiger partial charge >= 0.3 is 0 Å². The Balaban J connectivity index is 3.09. The third kappa shape index (κ3) is 2.99. The van der Waals surface area contributed by atoms with Crippen molar-refractivity contribution in [2.24, 2.45) is 0 Å². The van der Waals surface area contributed by atoms with E-state index in [1.807, 2.05) is 0 Å². The van der Waals surface area contributed by atoms with Crippen molar-refractivity contribution >= 4 is 10.0 Å². The van der Waals surface area contributed by atoms with Crippen molar-refractivity contribution in [1.82, 2.24) is 4.31 Å². The lowest BCUT2D eigenvalue weighted by Gasteiger charge is -2.15. The SMILES string of the molecule is CN(CCC#N)S(=O)(=O)c1ccc(F)cc1F. The van der Waals surface area contributed by atoms with Crippen molar-refractivity contribution in [2.45, 2.75) is 11.3 Å². The van der Waals surface area contributed by atoms with E-state index in [9.17, 15) is 17.2 Å². The van der Waals surface area contributed by atoms with Crippen molar-refractivity contribution in [2.75, 3.05) is 13.6 Å². The lowest BCUT2D eigenvalue weighted by atomic mass is 10.3. The molecule has 0 aliphatic carbocycles. The highest BCUT2D eigenvalue weighted by atomic mass is 32.2. The van der Waals surface area contributed by atoms with Crippen LogP contribution in [0.1, 0.15) is 6.42 Å². The van der Waals surface area contributed by atoms with Gasteiger partial charge in [0.2, 0.25) is 10.0 Å². The minimum absolute atomic E-state index is 0.00144. The van der Waals surface area contributed by atoms with E-state index in [1.54, 1.807) is 6.07 Å². The van der Waals surface area contributed by atoms with Crippen molar-refractivity contribution in [3.63, 3.8) is 0 Å². The highest BCUT2D eigenvalue weighted by Crippen LogP contribution is 2.19. The van der Waals surface area contributed by atoms with E-state index < -0.39 is 26.6 Å². The molecule has 7 heteroatoms. The Morgan fingerprint density at radius 2 is 2.06 bits per heavy atom. The Bertz CT molecular complexity index is 552. The molecule has 0 bridgehead atoms. The van der Waals surface area contributed by atoms with Gasteiger partial charge in [-0.1, -0.05) is 0 Å². The molecule has 0 spiro atoms. The van der Waals surface area contributed by atoms with Crippen LogP contribution < -0.4 is 0 Å². The maximum Gasteiger partial charge on any atom is 0.245 e. The third-order valence-electron chi connectivity index (χ3n) is 2.12. The van der Waals surface area contributed by atoms with Crippen LogP contribution in [-0.4, -0.2) is 26.3 Å². The molecule has 1 aromatic rings. The van der Waals surface area contributed by atoms with Crippen molar-refractivity contribution in [3.8, 4) is 6.07 Å². The van der Waals surface area contributed by atoms with Crippen LogP contribution >= 0.6 is 0 Å².